The number of aliphatic hydroxyl groups excluding tert-OH is 1. The third kappa shape index (κ3) is 4.18. The van der Waals surface area contributed by atoms with E-state index in [1.54, 1.807) is 14.7 Å². The van der Waals surface area contributed by atoms with Crippen LogP contribution in [0.4, 0.5) is 0 Å². The van der Waals surface area contributed by atoms with Crippen LogP contribution < -0.4 is 0 Å². The molecule has 4 aliphatic rings. The van der Waals surface area contributed by atoms with Crippen molar-refractivity contribution in [2.24, 2.45) is 11.8 Å². The molecule has 0 aliphatic carbocycles. The average molecular weight is 522 g/mol. The van der Waals surface area contributed by atoms with Crippen LogP contribution in [0.5, 0.6) is 0 Å². The first-order valence-corrected chi connectivity index (χ1v) is 14.0. The van der Waals surface area contributed by atoms with Crippen LogP contribution in [0.25, 0.3) is 0 Å². The van der Waals surface area contributed by atoms with E-state index in [9.17, 15) is 19.5 Å². The molecule has 1 unspecified atom stereocenters. The molecule has 204 valence electrons. The van der Waals surface area contributed by atoms with Gasteiger partial charge in [0.05, 0.1) is 17.4 Å². The zero-order valence-electron chi connectivity index (χ0n) is 22.4. The third-order valence-electron chi connectivity index (χ3n) is 8.66. The zero-order valence-corrected chi connectivity index (χ0v) is 22.4. The number of amides is 3. The van der Waals surface area contributed by atoms with E-state index in [4.69, 9.17) is 4.74 Å². The summed E-state index contributed by atoms with van der Waals surface area (Å²) in [6, 6.07) is 8.98. The van der Waals surface area contributed by atoms with Crippen LogP contribution >= 0.6 is 0 Å². The lowest BCUT2D eigenvalue weighted by Gasteiger charge is -2.38. The van der Waals surface area contributed by atoms with Crippen LogP contribution in [0, 0.1) is 11.8 Å². The molecule has 3 amide bonds. The van der Waals surface area contributed by atoms with Gasteiger partial charge in [-0.15, -0.1) is 0 Å². The van der Waals surface area contributed by atoms with Gasteiger partial charge in [0.1, 0.15) is 11.6 Å². The number of hydrogen-bond acceptors (Lipinski definition) is 5. The number of carbonyl (C=O) groups excluding carboxylic acids is 3. The second-order valence-electron chi connectivity index (χ2n) is 10.9. The van der Waals surface area contributed by atoms with Gasteiger partial charge in [0, 0.05) is 39.3 Å². The normalized spacial score (nSPS) is 32.3. The first-order valence-electron chi connectivity index (χ1n) is 14.0. The molecular weight excluding hydrogens is 482 g/mol. The van der Waals surface area contributed by atoms with Crippen molar-refractivity contribution in [2.45, 2.75) is 63.3 Å². The molecule has 4 aliphatic heterocycles. The second kappa shape index (κ2) is 10.7. The molecule has 8 heteroatoms. The van der Waals surface area contributed by atoms with E-state index in [-0.39, 0.29) is 30.9 Å². The summed E-state index contributed by atoms with van der Waals surface area (Å²) in [6.07, 6.45) is 10.5. The zero-order chi connectivity index (χ0) is 26.9. The summed E-state index contributed by atoms with van der Waals surface area (Å²) < 4.78 is 6.96. The van der Waals surface area contributed by atoms with Crippen LogP contribution in [-0.2, 0) is 25.7 Å². The summed E-state index contributed by atoms with van der Waals surface area (Å²) in [5, 5.41) is 9.57. The number of unbranched alkanes of at least 4 members (excludes halogenated alkanes) is 1. The molecule has 0 aromatic heterocycles. The maximum atomic E-state index is 14.3. The van der Waals surface area contributed by atoms with E-state index >= 15 is 0 Å². The topological polar surface area (TPSA) is 90.4 Å². The highest BCUT2D eigenvalue weighted by Gasteiger charge is 2.75. The molecule has 2 fully saturated rings. The Labute approximate surface area is 224 Å². The number of likely N-dealkylation sites (tertiary alicyclic amines) is 1. The molecule has 1 N–H and O–H groups in total. The lowest BCUT2D eigenvalue weighted by atomic mass is 9.73. The third-order valence-corrected chi connectivity index (χ3v) is 8.66. The molecule has 0 bridgehead atoms. The van der Waals surface area contributed by atoms with Crippen molar-refractivity contribution in [3.05, 3.63) is 60.2 Å². The fourth-order valence-corrected chi connectivity index (χ4v) is 6.83. The molecule has 5 atom stereocenters. The number of ether oxygens (including phenoxy) is 1. The predicted octanol–water partition coefficient (Wildman–Crippen LogP) is 2.53. The number of hydrogen-bond donors (Lipinski definition) is 1. The highest BCUT2D eigenvalue weighted by molar-refractivity contribution is 6.00. The van der Waals surface area contributed by atoms with Gasteiger partial charge in [-0.2, -0.15) is 0 Å². The number of nitrogens with zero attached hydrogens (tertiary/aromatic N) is 3. The van der Waals surface area contributed by atoms with Crippen molar-refractivity contribution in [3.8, 4) is 0 Å². The summed E-state index contributed by atoms with van der Waals surface area (Å²) in [5.74, 6) is -2.05. The smallest absolute Gasteiger partial charge is 0.249 e. The van der Waals surface area contributed by atoms with Gasteiger partial charge in [-0.3, -0.25) is 14.4 Å². The van der Waals surface area contributed by atoms with E-state index in [1.807, 2.05) is 61.6 Å². The minimum absolute atomic E-state index is 0.0898. The summed E-state index contributed by atoms with van der Waals surface area (Å²) in [7, 11) is 0. The molecule has 0 radical (unpaired) electrons. The Morgan fingerprint density at radius 3 is 2.34 bits per heavy atom. The summed E-state index contributed by atoms with van der Waals surface area (Å²) in [4.78, 5) is 47.8. The second-order valence-corrected chi connectivity index (χ2v) is 10.9. The van der Waals surface area contributed by atoms with Gasteiger partial charge in [-0.05, 0) is 24.8 Å². The number of rotatable bonds is 9. The maximum absolute atomic E-state index is 14.3. The lowest BCUT2D eigenvalue weighted by Crippen LogP contribution is -2.56. The van der Waals surface area contributed by atoms with Crippen molar-refractivity contribution >= 4 is 17.7 Å². The van der Waals surface area contributed by atoms with Gasteiger partial charge in [-0.25, -0.2) is 0 Å². The molecule has 1 spiro atoms. The highest BCUT2D eigenvalue weighted by Crippen LogP contribution is 2.58. The van der Waals surface area contributed by atoms with E-state index in [0.717, 1.165) is 18.4 Å². The van der Waals surface area contributed by atoms with Gasteiger partial charge in [0.25, 0.3) is 0 Å². The monoisotopic (exact) mass is 521 g/mol. The molecule has 38 heavy (non-hydrogen) atoms. The number of fused-ring (bicyclic) bond motifs is 2. The van der Waals surface area contributed by atoms with Gasteiger partial charge in [0.15, 0.2) is 0 Å². The van der Waals surface area contributed by atoms with Crippen molar-refractivity contribution in [2.75, 3.05) is 32.8 Å². The van der Waals surface area contributed by atoms with Crippen LogP contribution in [-0.4, -0.2) is 87.6 Å². The Kier molecular flexibility index (Phi) is 7.47. The Hall–Kier alpha value is -2.97. The number of carbonyl (C=O) groups is 3. The fourth-order valence-electron chi connectivity index (χ4n) is 6.83. The highest BCUT2D eigenvalue weighted by atomic mass is 16.5. The summed E-state index contributed by atoms with van der Waals surface area (Å²) in [5.41, 5.74) is -1.20. The number of benzene rings is 1. The minimum atomic E-state index is -1.24. The van der Waals surface area contributed by atoms with Crippen LogP contribution in [0.3, 0.4) is 0 Å². The minimum Gasteiger partial charge on any atom is -0.396 e. The Morgan fingerprint density at radius 1 is 0.895 bits per heavy atom. The molecule has 1 aromatic rings. The van der Waals surface area contributed by atoms with Crippen LogP contribution in [0.15, 0.2) is 54.6 Å². The summed E-state index contributed by atoms with van der Waals surface area (Å²) in [6.45, 7) is 6.13. The van der Waals surface area contributed by atoms with Crippen molar-refractivity contribution in [1.29, 1.82) is 0 Å². The van der Waals surface area contributed by atoms with Crippen molar-refractivity contribution < 1.29 is 24.2 Å². The SMILES string of the molecule is CCCCN1CC=C[C@]23O[C@]4(CC)C=CCN(Cc5ccccc5)C(=O)[C@@H]4[C@H]2C(=O)N(CCCO)C3C1=O. The molecule has 8 nitrogen and oxygen atoms in total. The van der Waals surface area contributed by atoms with E-state index in [2.05, 4.69) is 6.92 Å². The molecule has 5 rings (SSSR count). The van der Waals surface area contributed by atoms with Crippen molar-refractivity contribution in [1.82, 2.24) is 14.7 Å². The molecule has 4 heterocycles. The Morgan fingerprint density at radius 2 is 1.63 bits per heavy atom. The van der Waals surface area contributed by atoms with Gasteiger partial charge < -0.3 is 24.5 Å². The standard InChI is InChI=1S/C30H39N3O5/c1-3-5-16-31-17-10-15-30-24(27(36)33(19-11-20-34)25(30)28(31)37)23-26(35)32(21-22-12-7-6-8-13-22)18-9-14-29(23,4-2)38-30/h6-10,12-15,23-25,34H,3-5,11,16-21H2,1-2H3/t23-,24-,25?,29+,30-/m0/s1. The maximum Gasteiger partial charge on any atom is 0.249 e. The first-order chi connectivity index (χ1) is 18.4. The number of aliphatic hydroxyl groups is 1. The largest absolute Gasteiger partial charge is 0.396 e. The van der Waals surface area contributed by atoms with Gasteiger partial charge >= 0.3 is 0 Å². The molecule has 2 saturated heterocycles. The molecular formula is C30H39N3O5. The Balaban J connectivity index is 1.58. The van der Waals surface area contributed by atoms with Gasteiger partial charge in [-0.1, -0.05) is 74.9 Å². The van der Waals surface area contributed by atoms with Gasteiger partial charge in [0.2, 0.25) is 17.7 Å². The lowest BCUT2D eigenvalue weighted by molar-refractivity contribution is -0.154. The van der Waals surface area contributed by atoms with Crippen LogP contribution in [0.2, 0.25) is 0 Å². The van der Waals surface area contributed by atoms with Crippen LogP contribution in [0.1, 0.15) is 45.1 Å². The van der Waals surface area contributed by atoms with E-state index in [0.29, 0.717) is 39.0 Å². The van der Waals surface area contributed by atoms with Crippen molar-refractivity contribution in [3.63, 3.8) is 0 Å². The summed E-state index contributed by atoms with van der Waals surface area (Å²) >= 11 is 0. The van der Waals surface area contributed by atoms with E-state index in [1.165, 1.54) is 0 Å². The predicted molar refractivity (Wildman–Crippen MR) is 143 cm³/mol. The average Bonchev–Trinajstić information content (AvgIpc) is 3.22. The molecule has 1 aromatic carbocycles. The Bertz CT molecular complexity index is 1120. The van der Waals surface area contributed by atoms with E-state index < -0.39 is 29.1 Å². The fraction of sp³-hybridized carbons (Fsp3) is 0.567. The quantitative estimate of drug-likeness (QED) is 0.505. The molecule has 0 saturated carbocycles. The first kappa shape index (κ1) is 26.6.